The summed E-state index contributed by atoms with van der Waals surface area (Å²) in [5.74, 6) is 0.675. The van der Waals surface area contributed by atoms with E-state index in [0.717, 1.165) is 13.1 Å². The molecule has 0 amide bonds. The second kappa shape index (κ2) is 2.91. The van der Waals surface area contributed by atoms with Crippen molar-refractivity contribution < 1.29 is 0 Å². The predicted molar refractivity (Wildman–Crippen MR) is 51.3 cm³/mol. The number of aryl methyl sites for hydroxylation is 1. The summed E-state index contributed by atoms with van der Waals surface area (Å²) in [4.78, 5) is 0. The predicted octanol–water partition coefficient (Wildman–Crippen LogP) is 2.20. The van der Waals surface area contributed by atoms with Gasteiger partial charge >= 0.3 is 0 Å². The molecule has 1 N–H and O–H groups in total. The summed E-state index contributed by atoms with van der Waals surface area (Å²) in [5, 5.41) is 3.41. The molecular formula is C11H15N. The van der Waals surface area contributed by atoms with Crippen molar-refractivity contribution >= 4 is 0 Å². The molecule has 1 aliphatic heterocycles. The Hall–Kier alpha value is -0.820. The van der Waals surface area contributed by atoms with Gasteiger partial charge in [0.2, 0.25) is 0 Å². The van der Waals surface area contributed by atoms with E-state index in [9.17, 15) is 0 Å². The minimum atomic E-state index is 0.675. The number of hydrogen-bond acceptors (Lipinski definition) is 1. The topological polar surface area (TPSA) is 12.0 Å². The molecule has 0 radical (unpaired) electrons. The lowest BCUT2D eigenvalue weighted by Gasteiger charge is -2.23. The van der Waals surface area contributed by atoms with Crippen LogP contribution in [0.2, 0.25) is 0 Å². The summed E-state index contributed by atoms with van der Waals surface area (Å²) in [5.41, 5.74) is 4.38. The van der Waals surface area contributed by atoms with Gasteiger partial charge in [0.25, 0.3) is 0 Å². The van der Waals surface area contributed by atoms with Crippen LogP contribution in [0.4, 0.5) is 0 Å². The number of hydrogen-bond donors (Lipinski definition) is 1. The molecule has 12 heavy (non-hydrogen) atoms. The first-order valence-electron chi connectivity index (χ1n) is 4.57. The zero-order chi connectivity index (χ0) is 8.55. The lowest BCUT2D eigenvalue weighted by molar-refractivity contribution is 0.570. The van der Waals surface area contributed by atoms with Gasteiger partial charge in [-0.1, -0.05) is 30.7 Å². The fourth-order valence-electron chi connectivity index (χ4n) is 1.87. The monoisotopic (exact) mass is 161 g/mol. The molecule has 0 aromatic heterocycles. The summed E-state index contributed by atoms with van der Waals surface area (Å²) in [6, 6.07) is 6.76. The molecule has 0 saturated heterocycles. The third-order valence-electron chi connectivity index (χ3n) is 2.60. The van der Waals surface area contributed by atoms with Crippen LogP contribution in [-0.2, 0) is 6.54 Å². The third-order valence-corrected chi connectivity index (χ3v) is 2.60. The third kappa shape index (κ3) is 1.25. The van der Waals surface area contributed by atoms with Crippen LogP contribution in [0.3, 0.4) is 0 Å². The molecule has 0 spiro atoms. The fourth-order valence-corrected chi connectivity index (χ4v) is 1.87. The molecule has 0 aliphatic carbocycles. The molecule has 1 nitrogen and oxygen atoms in total. The van der Waals surface area contributed by atoms with Gasteiger partial charge < -0.3 is 5.32 Å². The van der Waals surface area contributed by atoms with Crippen molar-refractivity contribution in [2.75, 3.05) is 6.54 Å². The van der Waals surface area contributed by atoms with Crippen molar-refractivity contribution in [1.82, 2.24) is 5.32 Å². The molecule has 1 heteroatoms. The van der Waals surface area contributed by atoms with Crippen LogP contribution in [-0.4, -0.2) is 6.54 Å². The van der Waals surface area contributed by atoms with Gasteiger partial charge in [-0.05, 0) is 24.0 Å². The average Bonchev–Trinajstić information content (AvgIpc) is 2.07. The Kier molecular flexibility index (Phi) is 1.89. The van der Waals surface area contributed by atoms with Crippen molar-refractivity contribution in [3.63, 3.8) is 0 Å². The molecule has 0 bridgehead atoms. The highest BCUT2D eigenvalue weighted by atomic mass is 14.9. The molecule has 2 rings (SSSR count). The van der Waals surface area contributed by atoms with Crippen LogP contribution < -0.4 is 5.32 Å². The van der Waals surface area contributed by atoms with E-state index in [2.05, 4.69) is 37.4 Å². The van der Waals surface area contributed by atoms with Crippen molar-refractivity contribution in [1.29, 1.82) is 0 Å². The number of nitrogens with one attached hydrogen (secondary N) is 1. The molecule has 1 aliphatic rings. The molecule has 1 aromatic rings. The van der Waals surface area contributed by atoms with Gasteiger partial charge in [-0.25, -0.2) is 0 Å². The first-order chi connectivity index (χ1) is 5.77. The lowest BCUT2D eigenvalue weighted by atomic mass is 9.91. The smallest absolute Gasteiger partial charge is 0.0208 e. The van der Waals surface area contributed by atoms with Gasteiger partial charge in [-0.15, -0.1) is 0 Å². The van der Waals surface area contributed by atoms with Crippen molar-refractivity contribution in [3.8, 4) is 0 Å². The number of benzene rings is 1. The van der Waals surface area contributed by atoms with Crippen LogP contribution in [0.1, 0.15) is 29.5 Å². The Morgan fingerprint density at radius 2 is 2.25 bits per heavy atom. The lowest BCUT2D eigenvalue weighted by Crippen LogP contribution is -2.26. The van der Waals surface area contributed by atoms with E-state index >= 15 is 0 Å². The van der Waals surface area contributed by atoms with Crippen molar-refractivity contribution in [2.24, 2.45) is 0 Å². The molecule has 0 saturated carbocycles. The molecule has 1 unspecified atom stereocenters. The van der Waals surface area contributed by atoms with E-state index in [0.29, 0.717) is 5.92 Å². The molecule has 1 atom stereocenters. The van der Waals surface area contributed by atoms with Crippen molar-refractivity contribution in [3.05, 3.63) is 34.9 Å². The van der Waals surface area contributed by atoms with Crippen LogP contribution in [0.25, 0.3) is 0 Å². The summed E-state index contributed by atoms with van der Waals surface area (Å²) in [6.45, 7) is 6.61. The largest absolute Gasteiger partial charge is 0.312 e. The highest BCUT2D eigenvalue weighted by Gasteiger charge is 2.14. The minimum Gasteiger partial charge on any atom is -0.312 e. The van der Waals surface area contributed by atoms with Crippen LogP contribution in [0.5, 0.6) is 0 Å². The maximum Gasteiger partial charge on any atom is 0.0208 e. The Morgan fingerprint density at radius 1 is 1.42 bits per heavy atom. The number of rotatable bonds is 0. The van der Waals surface area contributed by atoms with Gasteiger partial charge in [0.05, 0.1) is 0 Å². The Bertz CT molecular complexity index is 291. The summed E-state index contributed by atoms with van der Waals surface area (Å²) < 4.78 is 0. The zero-order valence-electron chi connectivity index (χ0n) is 7.72. The quantitative estimate of drug-likeness (QED) is 0.615. The van der Waals surface area contributed by atoms with Gasteiger partial charge in [-0.2, -0.15) is 0 Å². The standard InChI is InChI=1S/C11H15N/c1-8-3-4-10-7-12-6-9(2)11(10)5-8/h3-5,9,12H,6-7H2,1-2H3. The van der Waals surface area contributed by atoms with E-state index in [1.807, 2.05) is 0 Å². The van der Waals surface area contributed by atoms with Gasteiger partial charge in [0, 0.05) is 13.1 Å². The summed E-state index contributed by atoms with van der Waals surface area (Å²) >= 11 is 0. The first kappa shape index (κ1) is 7.81. The first-order valence-corrected chi connectivity index (χ1v) is 4.57. The maximum atomic E-state index is 3.41. The van der Waals surface area contributed by atoms with E-state index in [1.165, 1.54) is 16.7 Å². The van der Waals surface area contributed by atoms with E-state index in [4.69, 9.17) is 0 Å². The highest BCUT2D eigenvalue weighted by molar-refractivity contribution is 5.35. The molecular weight excluding hydrogens is 146 g/mol. The van der Waals surface area contributed by atoms with Crippen LogP contribution in [0, 0.1) is 6.92 Å². The Labute approximate surface area is 73.8 Å². The molecule has 1 heterocycles. The molecule has 1 aromatic carbocycles. The van der Waals surface area contributed by atoms with Gasteiger partial charge in [0.1, 0.15) is 0 Å². The number of fused-ring (bicyclic) bond motifs is 1. The maximum absolute atomic E-state index is 3.41. The summed E-state index contributed by atoms with van der Waals surface area (Å²) in [7, 11) is 0. The second-order valence-corrected chi connectivity index (χ2v) is 3.73. The van der Waals surface area contributed by atoms with Gasteiger partial charge in [0.15, 0.2) is 0 Å². The van der Waals surface area contributed by atoms with E-state index in [-0.39, 0.29) is 0 Å². The Morgan fingerprint density at radius 3 is 3.08 bits per heavy atom. The molecule has 0 fully saturated rings. The SMILES string of the molecule is Cc1ccc2c(c1)C(C)CNC2. The normalized spacial score (nSPS) is 22.0. The average molecular weight is 161 g/mol. The van der Waals surface area contributed by atoms with Crippen molar-refractivity contribution in [2.45, 2.75) is 26.3 Å². The zero-order valence-corrected chi connectivity index (χ0v) is 7.72. The van der Waals surface area contributed by atoms with E-state index < -0.39 is 0 Å². The van der Waals surface area contributed by atoms with E-state index in [1.54, 1.807) is 0 Å². The van der Waals surface area contributed by atoms with Gasteiger partial charge in [-0.3, -0.25) is 0 Å². The second-order valence-electron chi connectivity index (χ2n) is 3.73. The van der Waals surface area contributed by atoms with Crippen LogP contribution in [0.15, 0.2) is 18.2 Å². The fraction of sp³-hybridized carbons (Fsp3) is 0.455. The van der Waals surface area contributed by atoms with Crippen LogP contribution >= 0.6 is 0 Å². The Balaban J connectivity index is 2.47. The molecule has 64 valence electrons. The minimum absolute atomic E-state index is 0.675. The highest BCUT2D eigenvalue weighted by Crippen LogP contribution is 2.24. The summed E-state index contributed by atoms with van der Waals surface area (Å²) in [6.07, 6.45) is 0.